The van der Waals surface area contributed by atoms with Gasteiger partial charge in [0.05, 0.1) is 6.10 Å². The van der Waals surface area contributed by atoms with E-state index >= 15 is 0 Å². The lowest BCUT2D eigenvalue weighted by molar-refractivity contribution is -0.150. The van der Waals surface area contributed by atoms with Gasteiger partial charge in [-0.25, -0.2) is 0 Å². The fraction of sp³-hybridized carbons (Fsp3) is 0.739. The molecule has 2 heteroatoms. The monoisotopic (exact) mass is 346 g/mol. The Bertz CT molecular complexity index is 492. The van der Waals surface area contributed by atoms with E-state index in [1.165, 1.54) is 37.7 Å². The second-order valence-electron chi connectivity index (χ2n) is 9.02. The zero-order valence-electron chi connectivity index (χ0n) is 17.2. The lowest BCUT2D eigenvalue weighted by Crippen LogP contribution is -2.32. The lowest BCUT2D eigenvalue weighted by atomic mass is 9.75. The fourth-order valence-corrected chi connectivity index (χ4v) is 3.97. The van der Waals surface area contributed by atoms with Gasteiger partial charge in [-0.3, -0.25) is 0 Å². The normalized spacial score (nSPS) is 19.0. The Kier molecular flexibility index (Phi) is 7.37. The van der Waals surface area contributed by atoms with Gasteiger partial charge >= 0.3 is 0 Å². The van der Waals surface area contributed by atoms with E-state index in [1.54, 1.807) is 0 Å². The second kappa shape index (κ2) is 9.07. The predicted octanol–water partition coefficient (Wildman–Crippen LogP) is 6.94. The zero-order valence-corrected chi connectivity index (χ0v) is 17.2. The Morgan fingerprint density at radius 2 is 1.60 bits per heavy atom. The standard InChI is InChI=1S/C23H38O2/c1-7-21(23(4,5)6)18-13-15-20(16-14-18)25-22(17(2)3)24-19-11-9-8-10-12-19/h13-17,19,21-22H,7-12H2,1-6H3. The maximum Gasteiger partial charge on any atom is 0.202 e. The van der Waals surface area contributed by atoms with Crippen molar-refractivity contribution in [2.75, 3.05) is 0 Å². The van der Waals surface area contributed by atoms with Crippen LogP contribution in [-0.2, 0) is 4.74 Å². The summed E-state index contributed by atoms with van der Waals surface area (Å²) in [6, 6.07) is 8.69. The van der Waals surface area contributed by atoms with E-state index in [-0.39, 0.29) is 11.7 Å². The number of rotatable bonds is 7. The summed E-state index contributed by atoms with van der Waals surface area (Å²) in [5, 5.41) is 0. The van der Waals surface area contributed by atoms with Crippen molar-refractivity contribution in [2.45, 2.75) is 98.4 Å². The molecule has 1 fully saturated rings. The molecule has 0 radical (unpaired) electrons. The molecule has 1 aliphatic rings. The average molecular weight is 347 g/mol. The van der Waals surface area contributed by atoms with E-state index in [1.807, 2.05) is 0 Å². The van der Waals surface area contributed by atoms with E-state index in [9.17, 15) is 0 Å². The van der Waals surface area contributed by atoms with Crippen molar-refractivity contribution in [2.24, 2.45) is 11.3 Å². The summed E-state index contributed by atoms with van der Waals surface area (Å²) in [5.41, 5.74) is 1.68. The predicted molar refractivity (Wildman–Crippen MR) is 106 cm³/mol. The van der Waals surface area contributed by atoms with E-state index in [4.69, 9.17) is 9.47 Å². The van der Waals surface area contributed by atoms with Gasteiger partial charge < -0.3 is 9.47 Å². The molecule has 0 aliphatic heterocycles. The number of hydrogen-bond acceptors (Lipinski definition) is 2. The summed E-state index contributed by atoms with van der Waals surface area (Å²) in [7, 11) is 0. The Hall–Kier alpha value is -1.02. The molecule has 142 valence electrons. The highest BCUT2D eigenvalue weighted by Crippen LogP contribution is 2.38. The van der Waals surface area contributed by atoms with Crippen LogP contribution in [0.1, 0.15) is 91.5 Å². The van der Waals surface area contributed by atoms with Crippen LogP contribution in [0.5, 0.6) is 5.75 Å². The van der Waals surface area contributed by atoms with Crippen LogP contribution in [0.25, 0.3) is 0 Å². The summed E-state index contributed by atoms with van der Waals surface area (Å²) < 4.78 is 12.5. The Balaban J connectivity index is 2.01. The van der Waals surface area contributed by atoms with Crippen LogP contribution < -0.4 is 4.74 Å². The SMILES string of the molecule is CCC(c1ccc(OC(OC2CCCCC2)C(C)C)cc1)C(C)(C)C. The molecule has 2 atom stereocenters. The smallest absolute Gasteiger partial charge is 0.202 e. The molecular weight excluding hydrogens is 308 g/mol. The summed E-state index contributed by atoms with van der Waals surface area (Å²) in [6.45, 7) is 13.6. The minimum Gasteiger partial charge on any atom is -0.465 e. The molecule has 1 aliphatic carbocycles. The van der Waals surface area contributed by atoms with Gasteiger partial charge in [0, 0.05) is 5.92 Å². The molecule has 0 amide bonds. The maximum atomic E-state index is 6.29. The van der Waals surface area contributed by atoms with Gasteiger partial charge in [-0.1, -0.05) is 72.9 Å². The van der Waals surface area contributed by atoms with Crippen molar-refractivity contribution in [3.05, 3.63) is 29.8 Å². The molecular formula is C23H38O2. The van der Waals surface area contributed by atoms with Crippen molar-refractivity contribution in [1.29, 1.82) is 0 Å². The van der Waals surface area contributed by atoms with Crippen molar-refractivity contribution < 1.29 is 9.47 Å². The first-order valence-corrected chi connectivity index (χ1v) is 10.2. The van der Waals surface area contributed by atoms with Crippen molar-refractivity contribution in [3.63, 3.8) is 0 Å². The number of benzene rings is 1. The van der Waals surface area contributed by atoms with Gasteiger partial charge in [-0.15, -0.1) is 0 Å². The molecule has 25 heavy (non-hydrogen) atoms. The molecule has 2 rings (SSSR count). The number of ether oxygens (including phenoxy) is 2. The third kappa shape index (κ3) is 6.02. The highest BCUT2D eigenvalue weighted by Gasteiger charge is 2.25. The summed E-state index contributed by atoms with van der Waals surface area (Å²) in [6.07, 6.45) is 7.64. The first kappa shape index (κ1) is 20.3. The zero-order chi connectivity index (χ0) is 18.4. The largest absolute Gasteiger partial charge is 0.465 e. The summed E-state index contributed by atoms with van der Waals surface area (Å²) in [5.74, 6) is 1.84. The highest BCUT2D eigenvalue weighted by atomic mass is 16.7. The Morgan fingerprint density at radius 1 is 1.00 bits per heavy atom. The fourth-order valence-electron chi connectivity index (χ4n) is 3.97. The molecule has 0 aromatic heterocycles. The van der Waals surface area contributed by atoms with Gasteiger partial charge in [0.2, 0.25) is 6.29 Å². The molecule has 1 saturated carbocycles. The first-order chi connectivity index (χ1) is 11.8. The van der Waals surface area contributed by atoms with Gasteiger partial charge in [-0.2, -0.15) is 0 Å². The van der Waals surface area contributed by atoms with Gasteiger partial charge in [-0.05, 0) is 48.3 Å². The topological polar surface area (TPSA) is 18.5 Å². The molecule has 2 unspecified atom stereocenters. The van der Waals surface area contributed by atoms with E-state index < -0.39 is 0 Å². The highest BCUT2D eigenvalue weighted by molar-refractivity contribution is 5.30. The van der Waals surface area contributed by atoms with Crippen molar-refractivity contribution in [1.82, 2.24) is 0 Å². The van der Waals surface area contributed by atoms with E-state index in [2.05, 4.69) is 65.8 Å². The third-order valence-electron chi connectivity index (χ3n) is 5.41. The van der Waals surface area contributed by atoms with Gasteiger partial charge in [0.25, 0.3) is 0 Å². The Morgan fingerprint density at radius 3 is 2.08 bits per heavy atom. The molecule has 0 N–H and O–H groups in total. The van der Waals surface area contributed by atoms with Crippen LogP contribution in [0.3, 0.4) is 0 Å². The van der Waals surface area contributed by atoms with Crippen LogP contribution >= 0.6 is 0 Å². The first-order valence-electron chi connectivity index (χ1n) is 10.2. The van der Waals surface area contributed by atoms with Crippen LogP contribution in [-0.4, -0.2) is 12.4 Å². The molecule has 0 heterocycles. The van der Waals surface area contributed by atoms with Crippen LogP contribution in [0.4, 0.5) is 0 Å². The maximum absolute atomic E-state index is 6.29. The molecule has 0 bridgehead atoms. The third-order valence-corrected chi connectivity index (χ3v) is 5.41. The minimum absolute atomic E-state index is 0.154. The average Bonchev–Trinajstić information content (AvgIpc) is 2.56. The van der Waals surface area contributed by atoms with Gasteiger partial charge in [0.1, 0.15) is 5.75 Å². The number of hydrogen-bond donors (Lipinski definition) is 0. The lowest BCUT2D eigenvalue weighted by Gasteiger charge is -2.31. The van der Waals surface area contributed by atoms with Crippen LogP contribution in [0, 0.1) is 11.3 Å². The Labute approximate surface area is 155 Å². The molecule has 1 aromatic carbocycles. The van der Waals surface area contributed by atoms with Gasteiger partial charge in [0.15, 0.2) is 0 Å². The van der Waals surface area contributed by atoms with Crippen molar-refractivity contribution >= 4 is 0 Å². The minimum atomic E-state index is -0.154. The molecule has 0 saturated heterocycles. The quantitative estimate of drug-likeness (QED) is 0.498. The summed E-state index contributed by atoms with van der Waals surface area (Å²) in [4.78, 5) is 0. The van der Waals surface area contributed by atoms with Crippen LogP contribution in [0.15, 0.2) is 24.3 Å². The molecule has 0 spiro atoms. The van der Waals surface area contributed by atoms with Crippen LogP contribution in [0.2, 0.25) is 0 Å². The summed E-state index contributed by atoms with van der Waals surface area (Å²) >= 11 is 0. The molecule has 1 aromatic rings. The van der Waals surface area contributed by atoms with E-state index in [0.29, 0.717) is 17.9 Å². The molecule has 2 nitrogen and oxygen atoms in total. The van der Waals surface area contributed by atoms with Crippen molar-refractivity contribution in [3.8, 4) is 5.75 Å². The second-order valence-corrected chi connectivity index (χ2v) is 9.02. The van der Waals surface area contributed by atoms with E-state index in [0.717, 1.165) is 12.2 Å².